The molecule has 2 N–H and O–H groups in total. The lowest BCUT2D eigenvalue weighted by Gasteiger charge is -2.42. The molecular formula is C15H32N2O. The predicted molar refractivity (Wildman–Crippen MR) is 77.7 cm³/mol. The van der Waals surface area contributed by atoms with Gasteiger partial charge < -0.3 is 10.5 Å². The average molecular weight is 256 g/mol. The highest BCUT2D eigenvalue weighted by Crippen LogP contribution is 2.33. The monoisotopic (exact) mass is 256 g/mol. The van der Waals surface area contributed by atoms with E-state index in [9.17, 15) is 0 Å². The predicted octanol–water partition coefficient (Wildman–Crippen LogP) is 2.50. The summed E-state index contributed by atoms with van der Waals surface area (Å²) >= 11 is 0. The molecule has 1 fully saturated rings. The van der Waals surface area contributed by atoms with Crippen LogP contribution in [0, 0.1) is 11.8 Å². The molecule has 0 aromatic heterocycles. The molecule has 108 valence electrons. The van der Waals surface area contributed by atoms with E-state index in [1.165, 1.54) is 25.8 Å². The summed E-state index contributed by atoms with van der Waals surface area (Å²) in [5.74, 6) is 1.46. The quantitative estimate of drug-likeness (QED) is 0.725. The molecule has 3 atom stereocenters. The van der Waals surface area contributed by atoms with E-state index in [0.717, 1.165) is 32.0 Å². The molecule has 0 spiro atoms. The maximum absolute atomic E-state index is 6.15. The minimum Gasteiger partial charge on any atom is -0.384 e. The van der Waals surface area contributed by atoms with Gasteiger partial charge in [0, 0.05) is 25.7 Å². The van der Waals surface area contributed by atoms with Crippen molar-refractivity contribution in [3.8, 4) is 0 Å². The van der Waals surface area contributed by atoms with E-state index in [1.54, 1.807) is 7.11 Å². The number of methoxy groups -OCH3 is 1. The summed E-state index contributed by atoms with van der Waals surface area (Å²) in [6.45, 7) is 10.9. The maximum atomic E-state index is 6.15. The molecule has 1 heterocycles. The van der Waals surface area contributed by atoms with Crippen LogP contribution in [0.4, 0.5) is 0 Å². The molecule has 3 unspecified atom stereocenters. The third-order valence-corrected chi connectivity index (χ3v) is 4.82. The minimum atomic E-state index is 0.220. The lowest BCUT2D eigenvalue weighted by molar-refractivity contribution is 0.0780. The van der Waals surface area contributed by atoms with Gasteiger partial charge in [-0.2, -0.15) is 0 Å². The summed E-state index contributed by atoms with van der Waals surface area (Å²) in [4.78, 5) is 2.64. The lowest BCUT2D eigenvalue weighted by Crippen LogP contribution is -2.53. The van der Waals surface area contributed by atoms with Gasteiger partial charge in [-0.05, 0) is 37.6 Å². The van der Waals surface area contributed by atoms with Gasteiger partial charge in [0.05, 0.1) is 6.61 Å². The van der Waals surface area contributed by atoms with Gasteiger partial charge in [0.2, 0.25) is 0 Å². The first-order valence-electron chi connectivity index (χ1n) is 7.55. The summed E-state index contributed by atoms with van der Waals surface area (Å²) in [5, 5.41) is 0. The van der Waals surface area contributed by atoms with E-state index >= 15 is 0 Å². The molecule has 1 rings (SSSR count). The van der Waals surface area contributed by atoms with Gasteiger partial charge in [0.1, 0.15) is 0 Å². The Morgan fingerprint density at radius 3 is 2.67 bits per heavy atom. The number of rotatable bonds is 8. The molecule has 0 aromatic carbocycles. The van der Waals surface area contributed by atoms with Crippen molar-refractivity contribution in [2.45, 2.75) is 52.0 Å². The standard InChI is InChI=1S/C15H32N2O/c1-5-13(3)9-15(6-2,12-16)17-8-7-14(10-17)11-18-4/h13-14H,5-12,16H2,1-4H3. The summed E-state index contributed by atoms with van der Waals surface area (Å²) in [7, 11) is 1.80. The topological polar surface area (TPSA) is 38.5 Å². The van der Waals surface area contributed by atoms with Crippen molar-refractivity contribution in [1.82, 2.24) is 4.90 Å². The summed E-state index contributed by atoms with van der Waals surface area (Å²) < 4.78 is 5.30. The van der Waals surface area contributed by atoms with Crippen LogP contribution in [0.15, 0.2) is 0 Å². The number of nitrogens with zero attached hydrogens (tertiary/aromatic N) is 1. The largest absolute Gasteiger partial charge is 0.384 e. The van der Waals surface area contributed by atoms with E-state index in [0.29, 0.717) is 5.92 Å². The highest BCUT2D eigenvalue weighted by molar-refractivity contribution is 4.95. The van der Waals surface area contributed by atoms with Gasteiger partial charge >= 0.3 is 0 Å². The molecule has 0 aliphatic carbocycles. The van der Waals surface area contributed by atoms with Crippen molar-refractivity contribution in [3.05, 3.63) is 0 Å². The fraction of sp³-hybridized carbons (Fsp3) is 1.00. The van der Waals surface area contributed by atoms with Gasteiger partial charge in [-0.15, -0.1) is 0 Å². The zero-order chi connectivity index (χ0) is 13.6. The van der Waals surface area contributed by atoms with Crippen LogP contribution < -0.4 is 5.73 Å². The molecule has 0 saturated carbocycles. The van der Waals surface area contributed by atoms with Crippen LogP contribution in [0.3, 0.4) is 0 Å². The minimum absolute atomic E-state index is 0.220. The molecule has 0 aromatic rings. The second-order valence-corrected chi connectivity index (χ2v) is 6.06. The van der Waals surface area contributed by atoms with Gasteiger partial charge in [-0.25, -0.2) is 0 Å². The van der Waals surface area contributed by atoms with Crippen LogP contribution in [-0.2, 0) is 4.74 Å². The fourth-order valence-electron chi connectivity index (χ4n) is 3.28. The molecule has 0 amide bonds. The normalized spacial score (nSPS) is 26.2. The Hall–Kier alpha value is -0.120. The van der Waals surface area contributed by atoms with Crippen molar-refractivity contribution >= 4 is 0 Å². The van der Waals surface area contributed by atoms with Gasteiger partial charge in [-0.3, -0.25) is 4.90 Å². The highest BCUT2D eigenvalue weighted by atomic mass is 16.5. The zero-order valence-electron chi connectivity index (χ0n) is 12.7. The van der Waals surface area contributed by atoms with Crippen LogP contribution in [0.5, 0.6) is 0 Å². The SMILES string of the molecule is CCC(C)CC(CC)(CN)N1CCC(COC)C1. The van der Waals surface area contributed by atoms with Gasteiger partial charge in [0.15, 0.2) is 0 Å². The van der Waals surface area contributed by atoms with Gasteiger partial charge in [-0.1, -0.05) is 27.2 Å². The van der Waals surface area contributed by atoms with E-state index in [-0.39, 0.29) is 5.54 Å². The number of likely N-dealkylation sites (tertiary alicyclic amines) is 1. The molecule has 18 heavy (non-hydrogen) atoms. The second-order valence-electron chi connectivity index (χ2n) is 6.06. The van der Waals surface area contributed by atoms with Gasteiger partial charge in [0.25, 0.3) is 0 Å². The highest BCUT2D eigenvalue weighted by Gasteiger charge is 2.38. The Labute approximate surface area is 113 Å². The van der Waals surface area contributed by atoms with Crippen molar-refractivity contribution in [2.24, 2.45) is 17.6 Å². The van der Waals surface area contributed by atoms with E-state index in [4.69, 9.17) is 10.5 Å². The zero-order valence-corrected chi connectivity index (χ0v) is 12.7. The van der Waals surface area contributed by atoms with Crippen molar-refractivity contribution in [2.75, 3.05) is 33.4 Å². The van der Waals surface area contributed by atoms with E-state index in [2.05, 4.69) is 25.7 Å². The molecule has 3 heteroatoms. The third-order valence-electron chi connectivity index (χ3n) is 4.82. The Kier molecular flexibility index (Phi) is 6.61. The Morgan fingerprint density at radius 1 is 1.44 bits per heavy atom. The average Bonchev–Trinajstić information content (AvgIpc) is 2.85. The first-order valence-corrected chi connectivity index (χ1v) is 7.55. The van der Waals surface area contributed by atoms with E-state index in [1.807, 2.05) is 0 Å². The van der Waals surface area contributed by atoms with Crippen LogP contribution >= 0.6 is 0 Å². The smallest absolute Gasteiger partial charge is 0.0503 e. The summed E-state index contributed by atoms with van der Waals surface area (Å²) in [6, 6.07) is 0. The first kappa shape index (κ1) is 15.9. The maximum Gasteiger partial charge on any atom is 0.0503 e. The van der Waals surface area contributed by atoms with Crippen LogP contribution in [-0.4, -0.2) is 43.8 Å². The Balaban J connectivity index is 2.66. The van der Waals surface area contributed by atoms with Crippen molar-refractivity contribution < 1.29 is 4.74 Å². The summed E-state index contributed by atoms with van der Waals surface area (Å²) in [6.07, 6.45) is 4.90. The fourth-order valence-corrected chi connectivity index (χ4v) is 3.28. The number of hydrogen-bond acceptors (Lipinski definition) is 3. The molecular weight excluding hydrogens is 224 g/mol. The Bertz CT molecular complexity index is 229. The lowest BCUT2D eigenvalue weighted by atomic mass is 9.83. The van der Waals surface area contributed by atoms with Crippen LogP contribution in [0.25, 0.3) is 0 Å². The third kappa shape index (κ3) is 3.69. The first-order chi connectivity index (χ1) is 8.61. The number of hydrogen-bond donors (Lipinski definition) is 1. The van der Waals surface area contributed by atoms with E-state index < -0.39 is 0 Å². The Morgan fingerprint density at radius 2 is 2.17 bits per heavy atom. The van der Waals surface area contributed by atoms with Crippen LogP contribution in [0.1, 0.15) is 46.5 Å². The molecule has 3 nitrogen and oxygen atoms in total. The number of ether oxygens (including phenoxy) is 1. The molecule has 1 saturated heterocycles. The second kappa shape index (κ2) is 7.46. The molecule has 1 aliphatic rings. The summed E-state index contributed by atoms with van der Waals surface area (Å²) in [5.41, 5.74) is 6.37. The number of nitrogens with two attached hydrogens (primary N) is 1. The van der Waals surface area contributed by atoms with Crippen molar-refractivity contribution in [1.29, 1.82) is 0 Å². The van der Waals surface area contributed by atoms with Crippen molar-refractivity contribution in [3.63, 3.8) is 0 Å². The molecule has 1 aliphatic heterocycles. The van der Waals surface area contributed by atoms with Crippen LogP contribution in [0.2, 0.25) is 0 Å². The molecule has 0 radical (unpaired) electrons. The molecule has 0 bridgehead atoms.